The van der Waals surface area contributed by atoms with Crippen molar-refractivity contribution in [2.75, 3.05) is 12.0 Å². The molecule has 0 aliphatic carbocycles. The van der Waals surface area contributed by atoms with E-state index in [1.807, 2.05) is 18.2 Å². The number of benzene rings is 1. The third-order valence-electron chi connectivity index (χ3n) is 4.43. The fraction of sp³-hybridized carbons (Fsp3) is 0.600. The van der Waals surface area contributed by atoms with Gasteiger partial charge in [-0.25, -0.2) is 0 Å². The average Bonchev–Trinajstić information content (AvgIpc) is 2.37. The molecular formula is C15H21ClN2O. The summed E-state index contributed by atoms with van der Waals surface area (Å²) in [5.74, 6) is 0.914. The van der Waals surface area contributed by atoms with Crippen LogP contribution in [0.15, 0.2) is 18.2 Å². The molecule has 2 aliphatic heterocycles. The monoisotopic (exact) mass is 280 g/mol. The lowest BCUT2D eigenvalue weighted by atomic mass is 9.81. The lowest BCUT2D eigenvalue weighted by molar-refractivity contribution is 0.268. The van der Waals surface area contributed by atoms with E-state index in [9.17, 15) is 0 Å². The molecule has 2 heterocycles. The minimum absolute atomic E-state index is 0.344. The third-order valence-corrected chi connectivity index (χ3v) is 4.67. The van der Waals surface area contributed by atoms with Crippen molar-refractivity contribution >= 4 is 17.3 Å². The summed E-state index contributed by atoms with van der Waals surface area (Å²) in [4.78, 5) is 2.51. The number of nitrogens with zero attached hydrogens (tertiary/aromatic N) is 1. The summed E-state index contributed by atoms with van der Waals surface area (Å²) in [5.41, 5.74) is 7.32. The summed E-state index contributed by atoms with van der Waals surface area (Å²) in [6.45, 7) is 0. The van der Waals surface area contributed by atoms with Crippen LogP contribution in [-0.4, -0.2) is 25.2 Å². The summed E-state index contributed by atoms with van der Waals surface area (Å²) in [6, 6.07) is 7.29. The largest absolute Gasteiger partial charge is 0.495 e. The Labute approximate surface area is 119 Å². The number of anilines is 1. The van der Waals surface area contributed by atoms with Gasteiger partial charge in [-0.2, -0.15) is 0 Å². The van der Waals surface area contributed by atoms with Gasteiger partial charge in [0.2, 0.25) is 0 Å². The molecule has 3 rings (SSSR count). The molecule has 1 aromatic rings. The fourth-order valence-corrected chi connectivity index (χ4v) is 3.85. The van der Waals surface area contributed by atoms with Gasteiger partial charge in [0.1, 0.15) is 5.75 Å². The van der Waals surface area contributed by atoms with Crippen LogP contribution in [0, 0.1) is 0 Å². The zero-order valence-electron chi connectivity index (χ0n) is 11.3. The summed E-state index contributed by atoms with van der Waals surface area (Å²) >= 11 is 6.17. The second-order valence-electron chi connectivity index (χ2n) is 5.69. The van der Waals surface area contributed by atoms with Crippen molar-refractivity contribution in [3.8, 4) is 5.75 Å². The van der Waals surface area contributed by atoms with Gasteiger partial charge in [0.25, 0.3) is 0 Å². The molecule has 1 aromatic carbocycles. The predicted octanol–water partition coefficient (Wildman–Crippen LogP) is 3.20. The first-order chi connectivity index (χ1) is 9.19. The molecule has 0 aromatic heterocycles. The molecule has 2 aliphatic rings. The first-order valence-electron chi connectivity index (χ1n) is 7.06. The molecule has 2 unspecified atom stereocenters. The van der Waals surface area contributed by atoms with Crippen LogP contribution in [0.2, 0.25) is 5.02 Å². The molecule has 104 valence electrons. The molecular weight excluding hydrogens is 260 g/mol. The number of hydrogen-bond donors (Lipinski definition) is 1. The highest BCUT2D eigenvalue weighted by atomic mass is 35.5. The highest BCUT2D eigenvalue weighted by molar-refractivity contribution is 6.30. The fourth-order valence-electron chi connectivity index (χ4n) is 3.68. The Morgan fingerprint density at radius 3 is 2.58 bits per heavy atom. The molecule has 0 amide bonds. The van der Waals surface area contributed by atoms with Gasteiger partial charge in [0, 0.05) is 23.1 Å². The van der Waals surface area contributed by atoms with E-state index < -0.39 is 0 Å². The number of fused-ring (bicyclic) bond motifs is 2. The number of nitrogens with two attached hydrogens (primary N) is 1. The number of piperidine rings is 2. The van der Waals surface area contributed by atoms with Gasteiger partial charge in [0.05, 0.1) is 12.8 Å². The van der Waals surface area contributed by atoms with Gasteiger partial charge in [-0.05, 0) is 50.3 Å². The SMILES string of the molecule is COc1ccc(Cl)cc1N1C2CCCC1CC(N)C2. The smallest absolute Gasteiger partial charge is 0.142 e. The van der Waals surface area contributed by atoms with Gasteiger partial charge in [-0.15, -0.1) is 0 Å². The zero-order chi connectivity index (χ0) is 13.4. The lowest BCUT2D eigenvalue weighted by Gasteiger charge is -2.50. The Morgan fingerprint density at radius 2 is 1.95 bits per heavy atom. The van der Waals surface area contributed by atoms with E-state index in [-0.39, 0.29) is 0 Å². The molecule has 2 N–H and O–H groups in total. The van der Waals surface area contributed by atoms with E-state index in [4.69, 9.17) is 22.1 Å². The van der Waals surface area contributed by atoms with Crippen LogP contribution < -0.4 is 15.4 Å². The van der Waals surface area contributed by atoms with Crippen molar-refractivity contribution in [3.05, 3.63) is 23.2 Å². The van der Waals surface area contributed by atoms with Crippen molar-refractivity contribution in [3.63, 3.8) is 0 Å². The highest BCUT2D eigenvalue weighted by Crippen LogP contribution is 2.42. The molecule has 19 heavy (non-hydrogen) atoms. The number of ether oxygens (including phenoxy) is 1. The Hall–Kier alpha value is -0.930. The topological polar surface area (TPSA) is 38.5 Å². The van der Waals surface area contributed by atoms with E-state index in [0.29, 0.717) is 18.1 Å². The van der Waals surface area contributed by atoms with Crippen LogP contribution in [0.1, 0.15) is 32.1 Å². The van der Waals surface area contributed by atoms with E-state index in [1.54, 1.807) is 7.11 Å². The summed E-state index contributed by atoms with van der Waals surface area (Å²) in [6.07, 6.45) is 5.90. The number of rotatable bonds is 2. The lowest BCUT2D eigenvalue weighted by Crippen LogP contribution is -2.55. The quantitative estimate of drug-likeness (QED) is 0.904. The average molecular weight is 281 g/mol. The molecule has 3 nitrogen and oxygen atoms in total. The van der Waals surface area contributed by atoms with E-state index in [2.05, 4.69) is 4.90 Å². The number of halogens is 1. The van der Waals surface area contributed by atoms with Crippen molar-refractivity contribution < 1.29 is 4.74 Å². The molecule has 2 bridgehead atoms. The van der Waals surface area contributed by atoms with Gasteiger partial charge < -0.3 is 15.4 Å². The van der Waals surface area contributed by atoms with E-state index in [0.717, 1.165) is 29.3 Å². The number of hydrogen-bond acceptors (Lipinski definition) is 3. The molecule has 2 saturated heterocycles. The van der Waals surface area contributed by atoms with Crippen LogP contribution in [0.5, 0.6) is 5.75 Å². The van der Waals surface area contributed by atoms with Crippen LogP contribution in [0.3, 0.4) is 0 Å². The van der Waals surface area contributed by atoms with Gasteiger partial charge in [-0.1, -0.05) is 11.6 Å². The first kappa shape index (κ1) is 13.1. The Balaban J connectivity index is 1.98. The maximum atomic E-state index is 6.18. The van der Waals surface area contributed by atoms with Crippen molar-refractivity contribution in [2.45, 2.75) is 50.2 Å². The van der Waals surface area contributed by atoms with Crippen LogP contribution in [0.4, 0.5) is 5.69 Å². The molecule has 0 radical (unpaired) electrons. The first-order valence-corrected chi connectivity index (χ1v) is 7.44. The minimum Gasteiger partial charge on any atom is -0.495 e. The van der Waals surface area contributed by atoms with Crippen LogP contribution in [0.25, 0.3) is 0 Å². The van der Waals surface area contributed by atoms with E-state index in [1.165, 1.54) is 19.3 Å². The van der Waals surface area contributed by atoms with Gasteiger partial charge >= 0.3 is 0 Å². The molecule has 2 fully saturated rings. The zero-order valence-corrected chi connectivity index (χ0v) is 12.1. The Bertz CT molecular complexity index is 451. The second-order valence-corrected chi connectivity index (χ2v) is 6.13. The van der Waals surface area contributed by atoms with Crippen molar-refractivity contribution in [2.24, 2.45) is 5.73 Å². The summed E-state index contributed by atoms with van der Waals surface area (Å²) < 4.78 is 5.51. The summed E-state index contributed by atoms with van der Waals surface area (Å²) in [7, 11) is 1.72. The minimum atomic E-state index is 0.344. The van der Waals surface area contributed by atoms with Gasteiger partial charge in [0.15, 0.2) is 0 Å². The second kappa shape index (κ2) is 5.22. The van der Waals surface area contributed by atoms with Crippen molar-refractivity contribution in [1.29, 1.82) is 0 Å². The van der Waals surface area contributed by atoms with E-state index >= 15 is 0 Å². The maximum absolute atomic E-state index is 6.18. The van der Waals surface area contributed by atoms with Crippen LogP contribution in [-0.2, 0) is 0 Å². The van der Waals surface area contributed by atoms with Crippen LogP contribution >= 0.6 is 11.6 Å². The summed E-state index contributed by atoms with van der Waals surface area (Å²) in [5, 5.41) is 0.767. The van der Waals surface area contributed by atoms with Crippen molar-refractivity contribution in [1.82, 2.24) is 0 Å². The normalized spacial score (nSPS) is 30.3. The standard InChI is InChI=1S/C15H21ClN2O/c1-19-15-6-5-10(16)7-14(15)18-12-3-2-4-13(18)9-11(17)8-12/h5-7,11-13H,2-4,8-9,17H2,1H3. The number of methoxy groups -OCH3 is 1. The Morgan fingerprint density at radius 1 is 1.26 bits per heavy atom. The molecule has 4 heteroatoms. The molecule has 0 saturated carbocycles. The van der Waals surface area contributed by atoms with Gasteiger partial charge in [-0.3, -0.25) is 0 Å². The highest BCUT2D eigenvalue weighted by Gasteiger charge is 2.38. The molecule has 0 spiro atoms. The third kappa shape index (κ3) is 2.41. The molecule has 2 atom stereocenters. The maximum Gasteiger partial charge on any atom is 0.142 e. The predicted molar refractivity (Wildman–Crippen MR) is 79.1 cm³/mol. The Kier molecular flexibility index (Phi) is 3.59.